The van der Waals surface area contributed by atoms with Gasteiger partial charge in [-0.2, -0.15) is 10.1 Å². The molecule has 0 saturated heterocycles. The van der Waals surface area contributed by atoms with E-state index in [0.29, 0.717) is 28.9 Å². The Morgan fingerprint density at radius 2 is 1.57 bits per heavy atom. The van der Waals surface area contributed by atoms with Crippen molar-refractivity contribution in [1.29, 1.82) is 0 Å². The molecule has 0 fully saturated rings. The molecule has 0 N–H and O–H groups in total. The van der Waals surface area contributed by atoms with Crippen molar-refractivity contribution in [3.8, 4) is 11.5 Å². The number of hydrazone groups is 1. The number of anilines is 1. The van der Waals surface area contributed by atoms with E-state index in [0.717, 1.165) is 0 Å². The third kappa shape index (κ3) is 5.31. The van der Waals surface area contributed by atoms with Crippen molar-refractivity contribution in [3.05, 3.63) is 106 Å². The van der Waals surface area contributed by atoms with Crippen molar-refractivity contribution in [2.24, 2.45) is 5.10 Å². The molecule has 11 heteroatoms. The predicted molar refractivity (Wildman–Crippen MR) is 137 cm³/mol. The Morgan fingerprint density at radius 1 is 0.925 bits per heavy atom. The third-order valence-corrected chi connectivity index (χ3v) is 5.92. The van der Waals surface area contributed by atoms with E-state index in [1.165, 1.54) is 25.1 Å². The zero-order valence-corrected chi connectivity index (χ0v) is 21.3. The van der Waals surface area contributed by atoms with E-state index in [-0.39, 0.29) is 35.3 Å². The van der Waals surface area contributed by atoms with Crippen LogP contribution in [0.3, 0.4) is 0 Å². The molecule has 3 aromatic rings. The molecule has 4 rings (SSSR count). The van der Waals surface area contributed by atoms with Crippen molar-refractivity contribution in [1.82, 2.24) is 0 Å². The molecule has 0 unspecified atom stereocenters. The van der Waals surface area contributed by atoms with E-state index in [9.17, 15) is 31.1 Å². The van der Waals surface area contributed by atoms with Gasteiger partial charge in [0.05, 0.1) is 17.9 Å². The summed E-state index contributed by atoms with van der Waals surface area (Å²) in [4.78, 5) is 13.1. The number of rotatable bonds is 9. The van der Waals surface area contributed by atoms with Crippen LogP contribution in [0.5, 0.6) is 11.5 Å². The van der Waals surface area contributed by atoms with Gasteiger partial charge in [-0.3, -0.25) is 4.79 Å². The first-order valence-electron chi connectivity index (χ1n) is 12.0. The van der Waals surface area contributed by atoms with Gasteiger partial charge in [-0.25, -0.2) is 26.3 Å². The zero-order valence-electron chi connectivity index (χ0n) is 21.3. The highest BCUT2D eigenvalue weighted by Gasteiger charge is 2.37. The molecular weight excluding hydrogens is 538 g/mol. The maximum atomic E-state index is 14.4. The summed E-state index contributed by atoms with van der Waals surface area (Å²) in [5.74, 6) is -12.1. The van der Waals surface area contributed by atoms with E-state index in [4.69, 9.17) is 9.47 Å². The number of halogens is 6. The summed E-state index contributed by atoms with van der Waals surface area (Å²) in [6, 6.07) is 9.27. The summed E-state index contributed by atoms with van der Waals surface area (Å²) in [6.07, 6.45) is 3.22. The Kier molecular flexibility index (Phi) is 8.32. The van der Waals surface area contributed by atoms with Gasteiger partial charge in [0.1, 0.15) is 18.1 Å². The fourth-order valence-corrected chi connectivity index (χ4v) is 4.05. The minimum Gasteiger partial charge on any atom is -0.490 e. The summed E-state index contributed by atoms with van der Waals surface area (Å²) in [7, 11) is 0. The standard InChI is InChI=1S/C29H22F6N2O3/c1-4-8-17-11-16(13-21(39-5-2)28(17)40-14-18-9-6-7-10-20(18)30)12-19-15(3)36-37(29(19)38)27-25(34)23(32)22(31)24(33)26(27)35/h4,6-7,9-13H,1,5,8,14H2,2-3H3/b19-12+. The van der Waals surface area contributed by atoms with E-state index >= 15 is 0 Å². The first-order valence-corrected chi connectivity index (χ1v) is 12.0. The van der Waals surface area contributed by atoms with Crippen molar-refractivity contribution < 1.29 is 40.6 Å². The van der Waals surface area contributed by atoms with Gasteiger partial charge < -0.3 is 9.47 Å². The lowest BCUT2D eigenvalue weighted by Crippen LogP contribution is -2.25. The van der Waals surface area contributed by atoms with Gasteiger partial charge in [-0.15, -0.1) is 6.58 Å². The average Bonchev–Trinajstić information content (AvgIpc) is 3.19. The number of hydrogen-bond donors (Lipinski definition) is 0. The summed E-state index contributed by atoms with van der Waals surface area (Å²) >= 11 is 0. The topological polar surface area (TPSA) is 51.1 Å². The first kappa shape index (κ1) is 28.5. The highest BCUT2D eigenvalue weighted by atomic mass is 19.2. The monoisotopic (exact) mass is 560 g/mol. The van der Waals surface area contributed by atoms with Crippen molar-refractivity contribution in [2.75, 3.05) is 11.6 Å². The summed E-state index contributed by atoms with van der Waals surface area (Å²) in [5, 5.41) is 3.88. The molecule has 0 aromatic heterocycles. The van der Waals surface area contributed by atoms with Crippen LogP contribution in [0.1, 0.15) is 30.5 Å². The summed E-state index contributed by atoms with van der Waals surface area (Å²) in [5.41, 5.74) is -0.398. The largest absolute Gasteiger partial charge is 0.490 e. The van der Waals surface area contributed by atoms with Gasteiger partial charge in [0, 0.05) is 11.1 Å². The number of carbonyl (C=O) groups is 1. The van der Waals surface area contributed by atoms with Crippen LogP contribution in [0.2, 0.25) is 0 Å². The quantitative estimate of drug-likeness (QED) is 0.0928. The molecule has 0 saturated carbocycles. The SMILES string of the molecule is C=CCc1cc(/C=C2/C(=O)N(c3c(F)c(F)c(F)c(F)c3F)N=C2C)cc(OCC)c1OCc1ccccc1F. The Balaban J connectivity index is 1.74. The van der Waals surface area contributed by atoms with Gasteiger partial charge in [0.15, 0.2) is 34.8 Å². The fraction of sp³-hybridized carbons (Fsp3) is 0.172. The Bertz CT molecular complexity index is 1540. The van der Waals surface area contributed by atoms with E-state index in [1.54, 1.807) is 37.3 Å². The normalized spacial score (nSPS) is 14.1. The Labute approximate surface area is 225 Å². The molecule has 1 aliphatic heterocycles. The molecule has 40 heavy (non-hydrogen) atoms. The minimum atomic E-state index is -2.35. The number of amides is 1. The molecule has 3 aromatic carbocycles. The molecule has 1 aliphatic rings. The third-order valence-electron chi connectivity index (χ3n) is 5.92. The molecule has 1 heterocycles. The van der Waals surface area contributed by atoms with Crippen molar-refractivity contribution in [2.45, 2.75) is 26.9 Å². The van der Waals surface area contributed by atoms with Crippen LogP contribution >= 0.6 is 0 Å². The number of allylic oxidation sites excluding steroid dienone is 1. The summed E-state index contributed by atoms with van der Waals surface area (Å²) < 4.78 is 95.6. The molecule has 1 amide bonds. The second-order valence-electron chi connectivity index (χ2n) is 8.59. The number of nitrogens with zero attached hydrogens (tertiary/aromatic N) is 2. The van der Waals surface area contributed by atoms with Crippen LogP contribution in [0.4, 0.5) is 32.0 Å². The molecule has 0 aliphatic carbocycles. The average molecular weight is 560 g/mol. The van der Waals surface area contributed by atoms with Crippen LogP contribution in [-0.4, -0.2) is 18.2 Å². The number of ether oxygens (including phenoxy) is 2. The smallest absolute Gasteiger partial charge is 0.280 e. The van der Waals surface area contributed by atoms with Crippen LogP contribution in [0.15, 0.2) is 59.7 Å². The number of carbonyl (C=O) groups excluding carboxylic acids is 1. The fourth-order valence-electron chi connectivity index (χ4n) is 4.05. The summed E-state index contributed by atoms with van der Waals surface area (Å²) in [6.45, 7) is 6.94. The van der Waals surface area contributed by atoms with E-state index in [1.807, 2.05) is 0 Å². The highest BCUT2D eigenvalue weighted by molar-refractivity contribution is 6.32. The zero-order chi connectivity index (χ0) is 29.1. The molecule has 0 spiro atoms. The lowest BCUT2D eigenvalue weighted by molar-refractivity contribution is -0.114. The van der Waals surface area contributed by atoms with Crippen molar-refractivity contribution in [3.63, 3.8) is 0 Å². The minimum absolute atomic E-state index is 0.0305. The number of hydrogen-bond acceptors (Lipinski definition) is 4. The lowest BCUT2D eigenvalue weighted by Gasteiger charge is -2.17. The maximum absolute atomic E-state index is 14.4. The van der Waals surface area contributed by atoms with Crippen LogP contribution < -0.4 is 14.5 Å². The van der Waals surface area contributed by atoms with Gasteiger partial charge in [0.25, 0.3) is 5.91 Å². The molecule has 0 radical (unpaired) electrons. The van der Waals surface area contributed by atoms with Gasteiger partial charge in [-0.05, 0) is 50.1 Å². The second-order valence-corrected chi connectivity index (χ2v) is 8.59. The van der Waals surface area contributed by atoms with Gasteiger partial charge in [0.2, 0.25) is 5.82 Å². The van der Waals surface area contributed by atoms with Crippen LogP contribution in [-0.2, 0) is 17.8 Å². The predicted octanol–water partition coefficient (Wildman–Crippen LogP) is 7.03. The van der Waals surface area contributed by atoms with Gasteiger partial charge >= 0.3 is 0 Å². The first-order chi connectivity index (χ1) is 19.1. The second kappa shape index (κ2) is 11.7. The Morgan fingerprint density at radius 3 is 2.20 bits per heavy atom. The lowest BCUT2D eigenvalue weighted by atomic mass is 10.0. The highest BCUT2D eigenvalue weighted by Crippen LogP contribution is 2.37. The maximum Gasteiger partial charge on any atom is 0.280 e. The van der Waals surface area contributed by atoms with E-state index < -0.39 is 46.5 Å². The Hall–Kier alpha value is -4.54. The van der Waals surface area contributed by atoms with Crippen LogP contribution in [0, 0.1) is 34.9 Å². The van der Waals surface area contributed by atoms with Crippen molar-refractivity contribution >= 4 is 23.4 Å². The molecular formula is C29H22F6N2O3. The molecule has 5 nitrogen and oxygen atoms in total. The van der Waals surface area contributed by atoms with Crippen LogP contribution in [0.25, 0.3) is 6.08 Å². The van der Waals surface area contributed by atoms with Gasteiger partial charge in [-0.1, -0.05) is 24.3 Å². The van der Waals surface area contributed by atoms with E-state index in [2.05, 4.69) is 11.7 Å². The number of benzene rings is 3. The molecule has 208 valence electrons. The molecule has 0 bridgehead atoms. The molecule has 0 atom stereocenters.